The summed E-state index contributed by atoms with van der Waals surface area (Å²) in [6.07, 6.45) is 3.43. The lowest BCUT2D eigenvalue weighted by atomic mass is 10.0. The third-order valence-electron chi connectivity index (χ3n) is 4.30. The van der Waals surface area contributed by atoms with E-state index in [0.29, 0.717) is 12.6 Å². The Morgan fingerprint density at radius 2 is 1.90 bits per heavy atom. The molecule has 2 atom stereocenters. The second-order valence-corrected chi connectivity index (χ2v) is 5.72. The molecule has 0 aromatic heterocycles. The minimum atomic E-state index is 0.102. The summed E-state index contributed by atoms with van der Waals surface area (Å²) < 4.78 is 0. The maximum atomic E-state index is 12.0. The van der Waals surface area contributed by atoms with Crippen LogP contribution >= 0.6 is 0 Å². The molecule has 1 aliphatic heterocycles. The summed E-state index contributed by atoms with van der Waals surface area (Å²) >= 11 is 0. The molecule has 1 amide bonds. The van der Waals surface area contributed by atoms with E-state index < -0.39 is 0 Å². The van der Waals surface area contributed by atoms with E-state index in [4.69, 9.17) is 0 Å². The smallest absolute Gasteiger partial charge is 0.222 e. The highest BCUT2D eigenvalue weighted by Crippen LogP contribution is 2.24. The summed E-state index contributed by atoms with van der Waals surface area (Å²) in [5.74, 6) is 0.276. The van der Waals surface area contributed by atoms with Gasteiger partial charge in [0.25, 0.3) is 0 Å². The number of nitrogens with zero attached hydrogens (tertiary/aromatic N) is 1. The molecule has 0 spiro atoms. The van der Waals surface area contributed by atoms with Crippen molar-refractivity contribution < 1.29 is 4.79 Å². The van der Waals surface area contributed by atoms with Crippen LogP contribution in [0.3, 0.4) is 0 Å². The number of nitrogens with one attached hydrogen (secondary N) is 1. The predicted octanol–water partition coefficient (Wildman–Crippen LogP) is 2.99. The van der Waals surface area contributed by atoms with Crippen molar-refractivity contribution in [2.45, 2.75) is 39.2 Å². The van der Waals surface area contributed by atoms with E-state index in [-0.39, 0.29) is 11.8 Å². The Morgan fingerprint density at radius 3 is 2.50 bits per heavy atom. The molecule has 1 fully saturated rings. The van der Waals surface area contributed by atoms with Gasteiger partial charge >= 0.3 is 0 Å². The van der Waals surface area contributed by atoms with Crippen LogP contribution in [0.25, 0.3) is 0 Å². The minimum Gasteiger partial charge on any atom is -0.354 e. The first-order valence-electron chi connectivity index (χ1n) is 7.79. The molecule has 110 valence electrons. The maximum absolute atomic E-state index is 12.0. The van der Waals surface area contributed by atoms with Crippen LogP contribution < -0.4 is 5.32 Å². The van der Waals surface area contributed by atoms with Crippen molar-refractivity contribution in [3.63, 3.8) is 0 Å². The Morgan fingerprint density at radius 1 is 1.25 bits per heavy atom. The molecule has 1 aromatic carbocycles. The average Bonchev–Trinajstić information content (AvgIpc) is 3.01. The van der Waals surface area contributed by atoms with E-state index in [0.717, 1.165) is 19.5 Å². The summed E-state index contributed by atoms with van der Waals surface area (Å²) in [5, 5.41) is 3.13. The molecule has 3 heteroatoms. The minimum absolute atomic E-state index is 0.102. The number of hydrogen-bond donors (Lipinski definition) is 1. The van der Waals surface area contributed by atoms with E-state index >= 15 is 0 Å². The number of amides is 1. The molecular weight excluding hydrogens is 248 g/mol. The molecule has 1 aliphatic rings. The second kappa shape index (κ2) is 7.44. The molecule has 20 heavy (non-hydrogen) atoms. The van der Waals surface area contributed by atoms with Gasteiger partial charge in [-0.3, -0.25) is 9.69 Å². The van der Waals surface area contributed by atoms with E-state index in [9.17, 15) is 4.79 Å². The topological polar surface area (TPSA) is 32.3 Å². The molecule has 3 nitrogen and oxygen atoms in total. The maximum Gasteiger partial charge on any atom is 0.222 e. The van der Waals surface area contributed by atoms with Gasteiger partial charge in [0.2, 0.25) is 5.91 Å². The number of likely N-dealkylation sites (tertiary alicyclic amines) is 1. The van der Waals surface area contributed by atoms with Crippen molar-refractivity contribution in [2.75, 3.05) is 19.6 Å². The van der Waals surface area contributed by atoms with Crippen molar-refractivity contribution >= 4 is 5.91 Å². The lowest BCUT2D eigenvalue weighted by molar-refractivity contribution is -0.124. The highest BCUT2D eigenvalue weighted by molar-refractivity contribution is 5.78. The summed E-state index contributed by atoms with van der Waals surface area (Å²) in [5.41, 5.74) is 1.30. The monoisotopic (exact) mass is 274 g/mol. The first kappa shape index (κ1) is 15.0. The van der Waals surface area contributed by atoms with Gasteiger partial charge in [0.05, 0.1) is 6.04 Å². The lowest BCUT2D eigenvalue weighted by Gasteiger charge is -2.28. The van der Waals surface area contributed by atoms with E-state index in [1.807, 2.05) is 13.0 Å². The average molecular weight is 274 g/mol. The van der Waals surface area contributed by atoms with Crippen molar-refractivity contribution in [1.29, 1.82) is 0 Å². The van der Waals surface area contributed by atoms with Gasteiger partial charge in [-0.25, -0.2) is 0 Å². The molecule has 1 heterocycles. The van der Waals surface area contributed by atoms with Crippen LogP contribution in [0, 0.1) is 5.92 Å². The first-order chi connectivity index (χ1) is 9.72. The molecule has 0 radical (unpaired) electrons. The predicted molar refractivity (Wildman–Crippen MR) is 82.5 cm³/mol. The highest BCUT2D eigenvalue weighted by Gasteiger charge is 2.24. The largest absolute Gasteiger partial charge is 0.354 e. The van der Waals surface area contributed by atoms with Gasteiger partial charge in [-0.05, 0) is 37.9 Å². The Bertz CT molecular complexity index is 412. The normalized spacial score (nSPS) is 18.7. The Labute approximate surface area is 122 Å². The molecule has 0 bridgehead atoms. The van der Waals surface area contributed by atoms with E-state index in [1.54, 1.807) is 0 Å². The summed E-state index contributed by atoms with van der Waals surface area (Å²) in [6.45, 7) is 7.03. The zero-order chi connectivity index (χ0) is 14.4. The van der Waals surface area contributed by atoms with Gasteiger partial charge in [0.15, 0.2) is 0 Å². The summed E-state index contributed by atoms with van der Waals surface area (Å²) in [6, 6.07) is 10.8. The molecule has 1 aromatic rings. The SMILES string of the molecule is CCC(C)C(=O)NCC(c1ccccc1)N1CCCC1. The van der Waals surface area contributed by atoms with Crippen LogP contribution in [-0.4, -0.2) is 30.4 Å². The number of carbonyl (C=O) groups excluding carboxylic acids is 1. The molecule has 0 aliphatic carbocycles. The molecule has 0 saturated carbocycles. The number of carbonyl (C=O) groups is 1. The van der Waals surface area contributed by atoms with Gasteiger partial charge in [-0.2, -0.15) is 0 Å². The van der Waals surface area contributed by atoms with E-state index in [2.05, 4.69) is 41.4 Å². The van der Waals surface area contributed by atoms with Crippen molar-refractivity contribution in [2.24, 2.45) is 5.92 Å². The van der Waals surface area contributed by atoms with Crippen LogP contribution in [0.2, 0.25) is 0 Å². The number of benzene rings is 1. The third kappa shape index (κ3) is 3.83. The van der Waals surface area contributed by atoms with Gasteiger partial charge in [-0.1, -0.05) is 44.2 Å². The molecule has 1 N–H and O–H groups in total. The standard InChI is InChI=1S/C17H26N2O/c1-3-14(2)17(20)18-13-16(19-11-7-8-12-19)15-9-5-4-6-10-15/h4-6,9-10,14,16H,3,7-8,11-13H2,1-2H3,(H,18,20). The fraction of sp³-hybridized carbons (Fsp3) is 0.588. The summed E-state index contributed by atoms with van der Waals surface area (Å²) in [7, 11) is 0. The molecule has 1 saturated heterocycles. The zero-order valence-electron chi connectivity index (χ0n) is 12.6. The van der Waals surface area contributed by atoms with Crippen molar-refractivity contribution in [1.82, 2.24) is 10.2 Å². The highest BCUT2D eigenvalue weighted by atomic mass is 16.1. The number of rotatable bonds is 6. The van der Waals surface area contributed by atoms with E-state index in [1.165, 1.54) is 18.4 Å². The van der Waals surface area contributed by atoms with Crippen LogP contribution in [-0.2, 0) is 4.79 Å². The van der Waals surface area contributed by atoms with Crippen molar-refractivity contribution in [3.8, 4) is 0 Å². The third-order valence-corrected chi connectivity index (χ3v) is 4.30. The molecular formula is C17H26N2O. The Kier molecular flexibility index (Phi) is 5.60. The fourth-order valence-electron chi connectivity index (χ4n) is 2.74. The van der Waals surface area contributed by atoms with Gasteiger partial charge in [0, 0.05) is 12.5 Å². The van der Waals surface area contributed by atoms with Crippen LogP contribution in [0.1, 0.15) is 44.7 Å². The van der Waals surface area contributed by atoms with Crippen molar-refractivity contribution in [3.05, 3.63) is 35.9 Å². The van der Waals surface area contributed by atoms with Gasteiger partial charge in [-0.15, -0.1) is 0 Å². The van der Waals surface area contributed by atoms with Crippen LogP contribution in [0.4, 0.5) is 0 Å². The summed E-state index contributed by atoms with van der Waals surface area (Å²) in [4.78, 5) is 14.5. The molecule has 2 unspecified atom stereocenters. The number of hydrogen-bond acceptors (Lipinski definition) is 2. The quantitative estimate of drug-likeness (QED) is 0.865. The first-order valence-corrected chi connectivity index (χ1v) is 7.79. The van der Waals surface area contributed by atoms with Gasteiger partial charge in [0.1, 0.15) is 0 Å². The molecule has 2 rings (SSSR count). The zero-order valence-corrected chi connectivity index (χ0v) is 12.6. The van der Waals surface area contributed by atoms with Gasteiger partial charge < -0.3 is 5.32 Å². The lowest BCUT2D eigenvalue weighted by Crippen LogP contribution is -2.38. The fourth-order valence-corrected chi connectivity index (χ4v) is 2.74. The van der Waals surface area contributed by atoms with Crippen LogP contribution in [0.15, 0.2) is 30.3 Å². The Balaban J connectivity index is 2.02. The second-order valence-electron chi connectivity index (χ2n) is 5.72. The Hall–Kier alpha value is -1.35. The van der Waals surface area contributed by atoms with Crippen LogP contribution in [0.5, 0.6) is 0 Å².